The number of fused-ring (bicyclic) bond motifs is 1. The summed E-state index contributed by atoms with van der Waals surface area (Å²) in [6.45, 7) is 0.376. The number of nitrogens with zero attached hydrogens (tertiary/aromatic N) is 2. The second-order valence-corrected chi connectivity index (χ2v) is 3.58. The van der Waals surface area contributed by atoms with Crippen LogP contribution in [0.2, 0.25) is 0 Å². The summed E-state index contributed by atoms with van der Waals surface area (Å²) in [6, 6.07) is 1.90. The van der Waals surface area contributed by atoms with Gasteiger partial charge in [-0.2, -0.15) is 0 Å². The van der Waals surface area contributed by atoms with Gasteiger partial charge in [0.2, 0.25) is 0 Å². The van der Waals surface area contributed by atoms with Crippen LogP contribution in [0.25, 0.3) is 0 Å². The highest BCUT2D eigenvalue weighted by Gasteiger charge is 2.21. The first kappa shape index (κ1) is 9.13. The Kier molecular flexibility index (Phi) is 2.20. The van der Waals surface area contributed by atoms with Gasteiger partial charge in [-0.25, -0.2) is 0 Å². The van der Waals surface area contributed by atoms with Gasteiger partial charge in [-0.1, -0.05) is 5.23 Å². The van der Waals surface area contributed by atoms with E-state index in [0.29, 0.717) is 6.54 Å². The third kappa shape index (κ3) is 1.48. The van der Waals surface area contributed by atoms with Crippen molar-refractivity contribution in [3.63, 3.8) is 0 Å². The zero-order valence-electron chi connectivity index (χ0n) is 6.97. The first-order chi connectivity index (χ1) is 6.68. The standard InChI is InChI=1S/C7H7N3O3S/c11-7(10(12)13)5-8-3-4-1-2-14-6(4)9-5/h1-2,12-13H,3H2,(H,8,9). The van der Waals surface area contributed by atoms with Crippen molar-refractivity contribution in [3.8, 4) is 0 Å². The highest BCUT2D eigenvalue weighted by Crippen LogP contribution is 2.26. The largest absolute Gasteiger partial charge is 0.338 e. The summed E-state index contributed by atoms with van der Waals surface area (Å²) in [5.41, 5.74) is 0.994. The molecule has 1 aliphatic rings. The molecule has 2 heterocycles. The van der Waals surface area contributed by atoms with E-state index in [1.165, 1.54) is 11.3 Å². The third-order valence-corrected chi connectivity index (χ3v) is 2.64. The second kappa shape index (κ2) is 3.37. The molecule has 7 heteroatoms. The summed E-state index contributed by atoms with van der Waals surface area (Å²) in [5.74, 6) is -1.03. The molecule has 0 aliphatic carbocycles. The van der Waals surface area contributed by atoms with Crippen molar-refractivity contribution in [1.29, 1.82) is 0 Å². The van der Waals surface area contributed by atoms with Crippen LogP contribution < -0.4 is 5.32 Å². The summed E-state index contributed by atoms with van der Waals surface area (Å²) >= 11 is 1.43. The SMILES string of the molecule is O=C(C1=NCc2ccsc2N1)N(O)O. The molecule has 1 aromatic heterocycles. The van der Waals surface area contributed by atoms with Crippen LogP contribution in [0, 0.1) is 0 Å². The minimum atomic E-state index is -0.968. The minimum Gasteiger partial charge on any atom is -0.327 e. The van der Waals surface area contributed by atoms with Crippen molar-refractivity contribution in [3.05, 3.63) is 17.0 Å². The van der Waals surface area contributed by atoms with Gasteiger partial charge in [-0.15, -0.1) is 11.3 Å². The molecule has 1 amide bonds. The van der Waals surface area contributed by atoms with E-state index in [2.05, 4.69) is 10.3 Å². The van der Waals surface area contributed by atoms with Crippen molar-refractivity contribution in [2.24, 2.45) is 4.99 Å². The number of carbonyl (C=O) groups is 1. The number of rotatable bonds is 1. The van der Waals surface area contributed by atoms with Crippen LogP contribution in [-0.4, -0.2) is 27.4 Å². The van der Waals surface area contributed by atoms with E-state index >= 15 is 0 Å². The zero-order valence-corrected chi connectivity index (χ0v) is 7.78. The predicted octanol–water partition coefficient (Wildman–Crippen LogP) is 0.679. The van der Waals surface area contributed by atoms with E-state index in [-0.39, 0.29) is 5.84 Å². The Morgan fingerprint density at radius 1 is 1.64 bits per heavy atom. The first-order valence-electron chi connectivity index (χ1n) is 3.78. The fourth-order valence-electron chi connectivity index (χ4n) is 1.10. The average molecular weight is 213 g/mol. The molecule has 0 fully saturated rings. The molecule has 0 radical (unpaired) electrons. The Morgan fingerprint density at radius 2 is 2.43 bits per heavy atom. The maximum absolute atomic E-state index is 11.1. The lowest BCUT2D eigenvalue weighted by Gasteiger charge is -2.14. The molecule has 2 rings (SSSR count). The molecule has 74 valence electrons. The van der Waals surface area contributed by atoms with Crippen LogP contribution in [0.1, 0.15) is 5.56 Å². The molecular formula is C7H7N3O3S. The molecule has 0 unspecified atom stereocenters. The molecule has 1 aromatic rings. The molecular weight excluding hydrogens is 206 g/mol. The van der Waals surface area contributed by atoms with Gasteiger partial charge in [0.25, 0.3) is 0 Å². The number of thiophene rings is 1. The van der Waals surface area contributed by atoms with Crippen molar-refractivity contribution < 1.29 is 15.2 Å². The quantitative estimate of drug-likeness (QED) is 0.473. The number of carbonyl (C=O) groups excluding carboxylic acids is 1. The molecule has 0 spiro atoms. The molecule has 1 aliphatic heterocycles. The van der Waals surface area contributed by atoms with Crippen molar-refractivity contribution >= 4 is 28.1 Å². The Labute approximate surface area is 83.0 Å². The fraction of sp³-hybridized carbons (Fsp3) is 0.143. The maximum Gasteiger partial charge on any atom is 0.338 e. The van der Waals surface area contributed by atoms with Gasteiger partial charge in [0.05, 0.1) is 11.5 Å². The van der Waals surface area contributed by atoms with Gasteiger partial charge < -0.3 is 5.32 Å². The smallest absolute Gasteiger partial charge is 0.327 e. The van der Waals surface area contributed by atoms with Gasteiger partial charge in [0.1, 0.15) is 0 Å². The Bertz CT molecular complexity index is 399. The van der Waals surface area contributed by atoms with Crippen molar-refractivity contribution in [2.75, 3.05) is 5.32 Å². The zero-order chi connectivity index (χ0) is 10.1. The summed E-state index contributed by atoms with van der Waals surface area (Å²) in [6.07, 6.45) is 0. The average Bonchev–Trinajstić information content (AvgIpc) is 2.62. The Balaban J connectivity index is 2.19. The van der Waals surface area contributed by atoms with E-state index in [1.807, 2.05) is 11.4 Å². The minimum absolute atomic E-state index is 0.0649. The van der Waals surface area contributed by atoms with E-state index in [4.69, 9.17) is 10.4 Å². The van der Waals surface area contributed by atoms with E-state index in [0.717, 1.165) is 10.6 Å². The first-order valence-corrected chi connectivity index (χ1v) is 4.66. The number of hydrogen-bond acceptors (Lipinski definition) is 6. The van der Waals surface area contributed by atoms with E-state index in [1.54, 1.807) is 0 Å². The number of amidine groups is 1. The van der Waals surface area contributed by atoms with Crippen molar-refractivity contribution in [1.82, 2.24) is 5.23 Å². The summed E-state index contributed by atoms with van der Waals surface area (Å²) in [7, 11) is 0. The maximum atomic E-state index is 11.1. The number of hydrogen-bond donors (Lipinski definition) is 3. The van der Waals surface area contributed by atoms with E-state index < -0.39 is 11.1 Å². The van der Waals surface area contributed by atoms with Gasteiger partial charge in [0.15, 0.2) is 5.84 Å². The summed E-state index contributed by atoms with van der Waals surface area (Å²) in [5, 5.41) is 21.9. The normalized spacial score (nSPS) is 14.0. The highest BCUT2D eigenvalue weighted by molar-refractivity contribution is 7.14. The lowest BCUT2D eigenvalue weighted by Crippen LogP contribution is -2.36. The summed E-state index contributed by atoms with van der Waals surface area (Å²) in [4.78, 5) is 14.9. The summed E-state index contributed by atoms with van der Waals surface area (Å²) < 4.78 is 0. The van der Waals surface area contributed by atoms with Gasteiger partial charge in [0, 0.05) is 5.56 Å². The molecule has 0 bridgehead atoms. The molecule has 0 saturated heterocycles. The molecule has 3 N–H and O–H groups in total. The van der Waals surface area contributed by atoms with Gasteiger partial charge in [-0.05, 0) is 11.4 Å². The predicted molar refractivity (Wildman–Crippen MR) is 49.5 cm³/mol. The topological polar surface area (TPSA) is 85.2 Å². The molecule has 0 atom stereocenters. The molecule has 14 heavy (non-hydrogen) atoms. The Hall–Kier alpha value is -1.44. The second-order valence-electron chi connectivity index (χ2n) is 2.66. The third-order valence-electron chi connectivity index (χ3n) is 1.77. The van der Waals surface area contributed by atoms with Crippen LogP contribution in [0.3, 0.4) is 0 Å². The fourth-order valence-corrected chi connectivity index (χ4v) is 1.90. The lowest BCUT2D eigenvalue weighted by molar-refractivity contribution is -0.279. The molecule has 0 aromatic carbocycles. The van der Waals surface area contributed by atoms with Crippen LogP contribution in [0.15, 0.2) is 16.4 Å². The number of nitrogens with one attached hydrogen (secondary N) is 1. The highest BCUT2D eigenvalue weighted by atomic mass is 32.1. The van der Waals surface area contributed by atoms with E-state index in [9.17, 15) is 4.79 Å². The van der Waals surface area contributed by atoms with Gasteiger partial charge in [-0.3, -0.25) is 20.2 Å². The van der Waals surface area contributed by atoms with Crippen LogP contribution in [0.5, 0.6) is 0 Å². The number of aliphatic imine (C=N–C) groups is 1. The lowest BCUT2D eigenvalue weighted by atomic mass is 10.3. The molecule has 0 saturated carbocycles. The Morgan fingerprint density at radius 3 is 3.14 bits per heavy atom. The van der Waals surface area contributed by atoms with Crippen molar-refractivity contribution in [2.45, 2.75) is 6.54 Å². The number of amides is 1. The van der Waals surface area contributed by atoms with Crippen LogP contribution >= 0.6 is 11.3 Å². The van der Waals surface area contributed by atoms with Crippen LogP contribution in [0.4, 0.5) is 5.00 Å². The molecule has 6 nitrogen and oxygen atoms in total. The van der Waals surface area contributed by atoms with Gasteiger partial charge >= 0.3 is 5.91 Å². The number of hydroxylamine groups is 2. The monoisotopic (exact) mass is 213 g/mol. The van der Waals surface area contributed by atoms with Crippen LogP contribution in [-0.2, 0) is 11.3 Å². The number of anilines is 1.